The number of amides is 5. The normalized spacial score (nSPS) is 20.1. The number of carbonyl (C=O) groups is 3. The van der Waals surface area contributed by atoms with E-state index in [0.29, 0.717) is 44.5 Å². The van der Waals surface area contributed by atoms with Crippen molar-refractivity contribution in [1.82, 2.24) is 24.6 Å². The van der Waals surface area contributed by atoms with Gasteiger partial charge in [0.2, 0.25) is 0 Å². The summed E-state index contributed by atoms with van der Waals surface area (Å²) in [6, 6.07) is 6.17. The lowest BCUT2D eigenvalue weighted by atomic mass is 9.95. The highest BCUT2D eigenvalue weighted by Gasteiger charge is 2.32. The Morgan fingerprint density at radius 1 is 1.00 bits per heavy atom. The Hall–Kier alpha value is -2.66. The number of carbonyl (C=O) groups excluding carboxylic acids is 3. The molecule has 2 aliphatic heterocycles. The summed E-state index contributed by atoms with van der Waals surface area (Å²) in [6.45, 7) is 1.34. The molecule has 0 bridgehead atoms. The van der Waals surface area contributed by atoms with Crippen LogP contribution in [0, 0.1) is 5.92 Å². The summed E-state index contributed by atoms with van der Waals surface area (Å²) in [6.07, 6.45) is 7.01. The summed E-state index contributed by atoms with van der Waals surface area (Å²) in [5, 5.41) is 5.58. The van der Waals surface area contributed by atoms with E-state index in [9.17, 15) is 22.8 Å². The lowest BCUT2D eigenvalue weighted by Crippen LogP contribution is -2.51. The molecule has 2 fully saturated rings. The second kappa shape index (κ2) is 10.7. The van der Waals surface area contributed by atoms with Gasteiger partial charge in [-0.3, -0.25) is 9.69 Å². The molecule has 11 heteroatoms. The van der Waals surface area contributed by atoms with Crippen molar-refractivity contribution in [2.75, 3.05) is 19.6 Å². The fourth-order valence-electron chi connectivity index (χ4n) is 4.98. The lowest BCUT2D eigenvalue weighted by Gasteiger charge is -2.31. The van der Waals surface area contributed by atoms with Crippen molar-refractivity contribution in [1.29, 1.82) is 0 Å². The Balaban J connectivity index is 1.16. The van der Waals surface area contributed by atoms with Crippen LogP contribution in [0.25, 0.3) is 0 Å². The summed E-state index contributed by atoms with van der Waals surface area (Å²) < 4.78 is 28.6. The quantitative estimate of drug-likeness (QED) is 0.563. The van der Waals surface area contributed by atoms with Crippen LogP contribution in [0.5, 0.6) is 0 Å². The summed E-state index contributed by atoms with van der Waals surface area (Å²) in [5.41, 5.74) is 1.41. The van der Waals surface area contributed by atoms with Crippen LogP contribution in [0.15, 0.2) is 24.3 Å². The molecule has 5 amide bonds. The van der Waals surface area contributed by atoms with Gasteiger partial charge in [-0.05, 0) is 49.7 Å². The minimum absolute atomic E-state index is 0.0370. The van der Waals surface area contributed by atoms with Gasteiger partial charge in [0.1, 0.15) is 0 Å². The Morgan fingerprint density at radius 2 is 1.71 bits per heavy atom. The number of hydrogen-bond acceptors (Lipinski definition) is 5. The van der Waals surface area contributed by atoms with Gasteiger partial charge in [0.15, 0.2) is 0 Å². The van der Waals surface area contributed by atoms with Crippen LogP contribution in [0.1, 0.15) is 67.3 Å². The molecule has 1 aromatic rings. The molecule has 10 nitrogen and oxygen atoms in total. The van der Waals surface area contributed by atoms with Gasteiger partial charge in [-0.25, -0.2) is 14.3 Å². The average molecular weight is 492 g/mol. The van der Waals surface area contributed by atoms with E-state index in [0.717, 1.165) is 37.7 Å². The van der Waals surface area contributed by atoms with E-state index in [1.54, 1.807) is 12.1 Å². The predicted molar refractivity (Wildman–Crippen MR) is 126 cm³/mol. The summed E-state index contributed by atoms with van der Waals surface area (Å²) in [5.74, 6) is -0.0269. The zero-order chi connectivity index (χ0) is 24.1. The minimum atomic E-state index is -3.88. The first-order valence-electron chi connectivity index (χ1n) is 12.1. The van der Waals surface area contributed by atoms with Gasteiger partial charge >= 0.3 is 22.3 Å². The highest BCUT2D eigenvalue weighted by molar-refractivity contribution is 7.87. The van der Waals surface area contributed by atoms with Crippen molar-refractivity contribution in [3.05, 3.63) is 35.4 Å². The van der Waals surface area contributed by atoms with E-state index in [1.165, 1.54) is 9.21 Å². The monoisotopic (exact) mass is 491 g/mol. The van der Waals surface area contributed by atoms with Gasteiger partial charge in [-0.15, -0.1) is 0 Å². The topological polar surface area (TPSA) is 128 Å². The summed E-state index contributed by atoms with van der Waals surface area (Å²) >= 11 is 0. The van der Waals surface area contributed by atoms with Crippen molar-refractivity contribution in [3.63, 3.8) is 0 Å². The van der Waals surface area contributed by atoms with Gasteiger partial charge in [-0.1, -0.05) is 37.5 Å². The van der Waals surface area contributed by atoms with Crippen LogP contribution in [0.3, 0.4) is 0 Å². The zero-order valence-corrected chi connectivity index (χ0v) is 20.1. The molecule has 34 heavy (non-hydrogen) atoms. The summed E-state index contributed by atoms with van der Waals surface area (Å²) in [4.78, 5) is 38.2. The SMILES string of the molecule is O=C(NC1CCCCC1)NS(=O)(=O)N1CCC(CCNC(=O)N2Cc3ccccc3C2=O)CC1. The number of benzene rings is 1. The largest absolute Gasteiger partial charge is 0.338 e. The molecular weight excluding hydrogens is 458 g/mol. The predicted octanol–water partition coefficient (Wildman–Crippen LogP) is 2.33. The summed E-state index contributed by atoms with van der Waals surface area (Å²) in [7, 11) is -3.88. The Bertz CT molecular complexity index is 1020. The number of piperidine rings is 1. The second-order valence-electron chi connectivity index (χ2n) is 9.33. The van der Waals surface area contributed by atoms with Gasteiger partial charge < -0.3 is 10.6 Å². The van der Waals surface area contributed by atoms with Crippen LogP contribution in [-0.2, 0) is 16.8 Å². The van der Waals surface area contributed by atoms with Crippen molar-refractivity contribution in [2.24, 2.45) is 5.92 Å². The maximum atomic E-state index is 12.6. The molecule has 0 atom stereocenters. The average Bonchev–Trinajstić information content (AvgIpc) is 3.16. The standard InChI is InChI=1S/C23H33N5O5S/c29-21-20-9-5-4-6-18(20)16-28(21)23(31)24-13-10-17-11-14-27(15-12-17)34(32,33)26-22(30)25-19-7-2-1-3-8-19/h4-6,9,17,19H,1-3,7-8,10-16H2,(H,24,31)(H2,25,26,30). The molecule has 4 rings (SSSR count). The third-order valence-corrected chi connectivity index (χ3v) is 8.46. The van der Waals surface area contributed by atoms with Crippen LogP contribution in [-0.4, -0.2) is 61.3 Å². The van der Waals surface area contributed by atoms with Crippen molar-refractivity contribution >= 4 is 28.2 Å². The first-order chi connectivity index (χ1) is 16.3. The Morgan fingerprint density at radius 3 is 2.41 bits per heavy atom. The van der Waals surface area contributed by atoms with Crippen LogP contribution in [0.2, 0.25) is 0 Å². The highest BCUT2D eigenvalue weighted by atomic mass is 32.2. The number of imide groups is 1. The Kier molecular flexibility index (Phi) is 7.72. The third-order valence-electron chi connectivity index (χ3n) is 6.97. The first-order valence-corrected chi connectivity index (χ1v) is 13.5. The van der Waals surface area contributed by atoms with Gasteiger partial charge in [0.05, 0.1) is 6.54 Å². The fourth-order valence-corrected chi connectivity index (χ4v) is 6.09. The number of fused-ring (bicyclic) bond motifs is 1. The highest BCUT2D eigenvalue weighted by Crippen LogP contribution is 2.24. The number of nitrogens with zero attached hydrogens (tertiary/aromatic N) is 2. The molecule has 3 N–H and O–H groups in total. The molecular formula is C23H33N5O5S. The molecule has 1 saturated carbocycles. The van der Waals surface area contributed by atoms with Crippen molar-refractivity contribution < 1.29 is 22.8 Å². The molecule has 0 aromatic heterocycles. The molecule has 1 aliphatic carbocycles. The van der Waals surface area contributed by atoms with Gasteiger partial charge in [0.25, 0.3) is 5.91 Å². The number of urea groups is 2. The molecule has 0 radical (unpaired) electrons. The smallest absolute Gasteiger partial charge is 0.329 e. The molecule has 3 aliphatic rings. The van der Waals surface area contributed by atoms with Crippen molar-refractivity contribution in [3.8, 4) is 0 Å². The zero-order valence-electron chi connectivity index (χ0n) is 19.3. The van der Waals surface area contributed by atoms with Gasteiger partial charge in [0, 0.05) is 31.2 Å². The fraction of sp³-hybridized carbons (Fsp3) is 0.609. The number of nitrogens with one attached hydrogen (secondary N) is 3. The van der Waals surface area contributed by atoms with E-state index >= 15 is 0 Å². The first kappa shape index (κ1) is 24.5. The molecule has 1 aromatic carbocycles. The van der Waals surface area contributed by atoms with E-state index in [1.807, 2.05) is 12.1 Å². The lowest BCUT2D eigenvalue weighted by molar-refractivity contribution is 0.0820. The van der Waals surface area contributed by atoms with Gasteiger partial charge in [-0.2, -0.15) is 12.7 Å². The van der Waals surface area contributed by atoms with E-state index < -0.39 is 22.3 Å². The number of hydrogen-bond donors (Lipinski definition) is 3. The second-order valence-corrected chi connectivity index (χ2v) is 11.0. The van der Waals surface area contributed by atoms with Crippen LogP contribution >= 0.6 is 0 Å². The van der Waals surface area contributed by atoms with Crippen LogP contribution < -0.4 is 15.4 Å². The minimum Gasteiger partial charge on any atom is -0.338 e. The van der Waals surface area contributed by atoms with E-state index in [2.05, 4.69) is 15.4 Å². The Labute approximate surface area is 200 Å². The molecule has 1 saturated heterocycles. The molecule has 0 unspecified atom stereocenters. The number of rotatable bonds is 6. The third kappa shape index (κ3) is 5.87. The van der Waals surface area contributed by atoms with E-state index in [-0.39, 0.29) is 24.4 Å². The maximum absolute atomic E-state index is 12.6. The maximum Gasteiger partial charge on any atom is 0.329 e. The van der Waals surface area contributed by atoms with E-state index in [4.69, 9.17) is 0 Å². The molecule has 2 heterocycles. The van der Waals surface area contributed by atoms with Crippen molar-refractivity contribution in [2.45, 2.75) is 64.0 Å². The molecule has 186 valence electrons. The van der Waals surface area contributed by atoms with Crippen LogP contribution in [0.4, 0.5) is 9.59 Å². The molecule has 0 spiro atoms.